The fourth-order valence-electron chi connectivity index (χ4n) is 3.88. The average molecular weight is 450 g/mol. The van der Waals surface area contributed by atoms with Gasteiger partial charge in [0, 0.05) is 10.9 Å². The summed E-state index contributed by atoms with van der Waals surface area (Å²) in [6.07, 6.45) is 0.363. The lowest BCUT2D eigenvalue weighted by Gasteiger charge is -2.20. The molecular formula is C24H20BrNO3. The molecular weight excluding hydrogens is 430 g/mol. The number of hydrogen-bond acceptors (Lipinski definition) is 3. The molecule has 4 nitrogen and oxygen atoms in total. The number of esters is 1. The highest BCUT2D eigenvalue weighted by Gasteiger charge is 2.35. The molecule has 4 rings (SSSR count). The summed E-state index contributed by atoms with van der Waals surface area (Å²) in [5.74, 6) is -1.10. The number of carbonyl (C=O) groups excluding carboxylic acids is 2. The third kappa shape index (κ3) is 3.83. The summed E-state index contributed by atoms with van der Waals surface area (Å²) >= 11 is 3.41. The van der Waals surface area contributed by atoms with Gasteiger partial charge in [0.25, 0.3) is 0 Å². The summed E-state index contributed by atoms with van der Waals surface area (Å²) in [5.41, 5.74) is 4.98. The van der Waals surface area contributed by atoms with Gasteiger partial charge in [-0.05, 0) is 39.9 Å². The maximum Gasteiger partial charge on any atom is 0.328 e. The average Bonchev–Trinajstić information content (AvgIpc) is 3.09. The second-order valence-electron chi connectivity index (χ2n) is 7.02. The molecule has 1 N–H and O–H groups in total. The Hall–Kier alpha value is -2.92. The van der Waals surface area contributed by atoms with Crippen LogP contribution in [0.1, 0.15) is 22.6 Å². The quantitative estimate of drug-likeness (QED) is 0.584. The number of nitrogens with one attached hydrogen (secondary N) is 1. The van der Waals surface area contributed by atoms with E-state index in [9.17, 15) is 9.59 Å². The molecule has 0 fully saturated rings. The van der Waals surface area contributed by atoms with Gasteiger partial charge in [-0.15, -0.1) is 0 Å². The fourth-order valence-corrected chi connectivity index (χ4v) is 4.15. The van der Waals surface area contributed by atoms with Crippen molar-refractivity contribution in [1.82, 2.24) is 5.32 Å². The van der Waals surface area contributed by atoms with Crippen LogP contribution in [0.15, 0.2) is 77.3 Å². The predicted octanol–water partition coefficient (Wildman–Crippen LogP) is 4.46. The van der Waals surface area contributed by atoms with E-state index >= 15 is 0 Å². The molecule has 0 heterocycles. The molecule has 1 aliphatic rings. The van der Waals surface area contributed by atoms with Crippen LogP contribution in [0.4, 0.5) is 0 Å². The number of methoxy groups -OCH3 is 1. The first kappa shape index (κ1) is 19.4. The Kier molecular flexibility index (Phi) is 5.49. The van der Waals surface area contributed by atoms with Crippen LogP contribution in [0.3, 0.4) is 0 Å². The topological polar surface area (TPSA) is 55.4 Å². The third-order valence-electron chi connectivity index (χ3n) is 5.25. The maximum atomic E-state index is 13.3. The van der Waals surface area contributed by atoms with Crippen molar-refractivity contribution >= 4 is 27.8 Å². The van der Waals surface area contributed by atoms with E-state index in [-0.39, 0.29) is 5.91 Å². The van der Waals surface area contributed by atoms with Crippen LogP contribution in [-0.4, -0.2) is 25.0 Å². The van der Waals surface area contributed by atoms with Gasteiger partial charge in [-0.1, -0.05) is 76.6 Å². The Morgan fingerprint density at radius 3 is 2.03 bits per heavy atom. The van der Waals surface area contributed by atoms with Gasteiger partial charge in [-0.2, -0.15) is 0 Å². The van der Waals surface area contributed by atoms with Crippen molar-refractivity contribution in [3.63, 3.8) is 0 Å². The SMILES string of the molecule is COC(=O)[C@H](Cc1ccc(Br)cc1)NC(=O)C1c2ccccc2-c2ccccc21. The van der Waals surface area contributed by atoms with Crippen LogP contribution < -0.4 is 5.32 Å². The number of ether oxygens (including phenoxy) is 1. The molecule has 1 atom stereocenters. The van der Waals surface area contributed by atoms with Crippen LogP contribution >= 0.6 is 15.9 Å². The molecule has 0 saturated heterocycles. The minimum absolute atomic E-state index is 0.199. The van der Waals surface area contributed by atoms with Gasteiger partial charge in [0.2, 0.25) is 5.91 Å². The van der Waals surface area contributed by atoms with E-state index in [1.165, 1.54) is 7.11 Å². The normalized spacial score (nSPS) is 13.3. The van der Waals surface area contributed by atoms with E-state index in [4.69, 9.17) is 4.74 Å². The molecule has 1 amide bonds. The number of benzene rings is 3. The second-order valence-corrected chi connectivity index (χ2v) is 7.94. The van der Waals surface area contributed by atoms with Gasteiger partial charge in [-0.25, -0.2) is 4.79 Å². The molecule has 0 unspecified atom stereocenters. The molecule has 3 aromatic rings. The number of hydrogen-bond donors (Lipinski definition) is 1. The lowest BCUT2D eigenvalue weighted by molar-refractivity contribution is -0.145. The van der Waals surface area contributed by atoms with Gasteiger partial charge in [0.15, 0.2) is 0 Å². The van der Waals surface area contributed by atoms with E-state index in [1.807, 2.05) is 72.8 Å². The minimum atomic E-state index is -0.756. The summed E-state index contributed by atoms with van der Waals surface area (Å²) in [6, 6.07) is 22.7. The first-order valence-corrected chi connectivity index (χ1v) is 10.2. The monoisotopic (exact) mass is 449 g/mol. The first-order chi connectivity index (χ1) is 14.1. The van der Waals surface area contributed by atoms with Crippen molar-refractivity contribution in [3.8, 4) is 11.1 Å². The van der Waals surface area contributed by atoms with Crippen molar-refractivity contribution in [2.24, 2.45) is 0 Å². The summed E-state index contributed by atoms with van der Waals surface area (Å²) in [7, 11) is 1.34. The van der Waals surface area contributed by atoms with Gasteiger partial charge in [0.1, 0.15) is 6.04 Å². The van der Waals surface area contributed by atoms with Crippen LogP contribution in [0.2, 0.25) is 0 Å². The Morgan fingerprint density at radius 1 is 0.931 bits per heavy atom. The zero-order valence-electron chi connectivity index (χ0n) is 15.9. The summed E-state index contributed by atoms with van der Waals surface area (Å²) in [5, 5.41) is 2.93. The summed E-state index contributed by atoms with van der Waals surface area (Å²) in [6.45, 7) is 0. The highest BCUT2D eigenvalue weighted by Crippen LogP contribution is 2.44. The van der Waals surface area contributed by atoms with E-state index in [2.05, 4.69) is 21.2 Å². The van der Waals surface area contributed by atoms with Crippen molar-refractivity contribution in [3.05, 3.63) is 94.0 Å². The third-order valence-corrected chi connectivity index (χ3v) is 5.78. The van der Waals surface area contributed by atoms with Crippen LogP contribution in [0.25, 0.3) is 11.1 Å². The van der Waals surface area contributed by atoms with Gasteiger partial charge in [-0.3, -0.25) is 4.79 Å². The highest BCUT2D eigenvalue weighted by molar-refractivity contribution is 9.10. The molecule has 5 heteroatoms. The molecule has 3 aromatic carbocycles. The Bertz CT molecular complexity index is 1020. The molecule has 0 radical (unpaired) electrons. The number of halogens is 1. The highest BCUT2D eigenvalue weighted by atomic mass is 79.9. The fraction of sp³-hybridized carbons (Fsp3) is 0.167. The number of fused-ring (bicyclic) bond motifs is 3. The zero-order valence-corrected chi connectivity index (χ0v) is 17.5. The molecule has 0 saturated carbocycles. The van der Waals surface area contributed by atoms with Crippen molar-refractivity contribution in [2.75, 3.05) is 7.11 Å². The predicted molar refractivity (Wildman–Crippen MR) is 116 cm³/mol. The Labute approximate surface area is 178 Å². The smallest absolute Gasteiger partial charge is 0.328 e. The van der Waals surface area contributed by atoms with Gasteiger partial charge < -0.3 is 10.1 Å². The van der Waals surface area contributed by atoms with E-state index in [0.717, 1.165) is 32.3 Å². The van der Waals surface area contributed by atoms with Gasteiger partial charge >= 0.3 is 5.97 Å². The molecule has 146 valence electrons. The Morgan fingerprint density at radius 2 is 1.48 bits per heavy atom. The lowest BCUT2D eigenvalue weighted by Crippen LogP contribution is -2.45. The summed E-state index contributed by atoms with van der Waals surface area (Å²) < 4.78 is 5.91. The largest absolute Gasteiger partial charge is 0.467 e. The van der Waals surface area contributed by atoms with E-state index in [1.54, 1.807) is 0 Å². The van der Waals surface area contributed by atoms with E-state index < -0.39 is 17.9 Å². The zero-order chi connectivity index (χ0) is 20.4. The molecule has 29 heavy (non-hydrogen) atoms. The molecule has 0 bridgehead atoms. The van der Waals surface area contributed by atoms with Crippen molar-refractivity contribution < 1.29 is 14.3 Å². The van der Waals surface area contributed by atoms with Crippen molar-refractivity contribution in [1.29, 1.82) is 0 Å². The maximum absolute atomic E-state index is 13.3. The second kappa shape index (κ2) is 8.21. The molecule has 0 aliphatic heterocycles. The molecule has 1 aliphatic carbocycles. The van der Waals surface area contributed by atoms with Crippen LogP contribution in [0, 0.1) is 0 Å². The van der Waals surface area contributed by atoms with Crippen LogP contribution in [-0.2, 0) is 20.7 Å². The number of rotatable bonds is 5. The first-order valence-electron chi connectivity index (χ1n) is 9.39. The van der Waals surface area contributed by atoms with Crippen molar-refractivity contribution in [2.45, 2.75) is 18.4 Å². The standard InChI is InChI=1S/C24H20BrNO3/c1-29-24(28)21(14-15-10-12-16(25)13-11-15)26-23(27)22-19-8-4-2-6-17(19)18-7-3-5-9-20(18)22/h2-13,21-22H,14H2,1H3,(H,26,27)/t21-/m0/s1. The van der Waals surface area contributed by atoms with Crippen LogP contribution in [0.5, 0.6) is 0 Å². The van der Waals surface area contributed by atoms with E-state index in [0.29, 0.717) is 6.42 Å². The Balaban J connectivity index is 1.62. The van der Waals surface area contributed by atoms with Gasteiger partial charge in [0.05, 0.1) is 13.0 Å². The number of carbonyl (C=O) groups is 2. The number of amides is 1. The summed E-state index contributed by atoms with van der Waals surface area (Å²) in [4.78, 5) is 25.7. The molecule has 0 aromatic heterocycles. The minimum Gasteiger partial charge on any atom is -0.467 e. The lowest BCUT2D eigenvalue weighted by atomic mass is 9.95. The molecule has 0 spiro atoms.